The lowest BCUT2D eigenvalue weighted by atomic mass is 9.82. The molecule has 0 radical (unpaired) electrons. The van der Waals surface area contributed by atoms with Gasteiger partial charge in [-0.05, 0) is 50.9 Å². The number of anilines is 1. The van der Waals surface area contributed by atoms with Crippen LogP contribution in [-0.4, -0.2) is 30.1 Å². The van der Waals surface area contributed by atoms with Crippen LogP contribution in [0.25, 0.3) is 0 Å². The van der Waals surface area contributed by atoms with Crippen LogP contribution >= 0.6 is 0 Å². The molecule has 5 nitrogen and oxygen atoms in total. The molecular weight excluding hydrogens is 256 g/mol. The lowest BCUT2D eigenvalue weighted by Crippen LogP contribution is -2.46. The van der Waals surface area contributed by atoms with E-state index in [-0.39, 0.29) is 11.5 Å². The predicted molar refractivity (Wildman–Crippen MR) is 77.0 cm³/mol. The third-order valence-corrected chi connectivity index (χ3v) is 3.88. The minimum Gasteiger partial charge on any atom is -0.478 e. The molecule has 1 fully saturated rings. The van der Waals surface area contributed by atoms with E-state index in [1.165, 1.54) is 12.1 Å². The van der Waals surface area contributed by atoms with E-state index in [0.29, 0.717) is 12.2 Å². The van der Waals surface area contributed by atoms with Crippen molar-refractivity contribution in [3.05, 3.63) is 29.3 Å². The van der Waals surface area contributed by atoms with Crippen LogP contribution in [0.15, 0.2) is 18.2 Å². The van der Waals surface area contributed by atoms with E-state index in [0.717, 1.165) is 24.9 Å². The number of carbonyl (C=O) groups is 2. The first-order valence-electron chi connectivity index (χ1n) is 6.78. The fraction of sp³-hybridized carbons (Fsp3) is 0.467. The molecule has 0 spiro atoms. The van der Waals surface area contributed by atoms with Gasteiger partial charge in [0, 0.05) is 12.2 Å². The van der Waals surface area contributed by atoms with E-state index in [1.54, 1.807) is 6.07 Å². The molecule has 1 aliphatic rings. The largest absolute Gasteiger partial charge is 0.478 e. The highest BCUT2D eigenvalue weighted by Crippen LogP contribution is 2.28. The summed E-state index contributed by atoms with van der Waals surface area (Å²) in [5, 5.41) is 15.1. The van der Waals surface area contributed by atoms with Gasteiger partial charge < -0.3 is 15.7 Å². The number of hydrogen-bond acceptors (Lipinski definition) is 3. The smallest absolute Gasteiger partial charge is 0.335 e. The highest BCUT2D eigenvalue weighted by Gasteiger charge is 2.34. The fourth-order valence-corrected chi connectivity index (χ4v) is 2.41. The number of carbonyl (C=O) groups excluding carboxylic acids is 1. The van der Waals surface area contributed by atoms with E-state index in [2.05, 4.69) is 10.6 Å². The van der Waals surface area contributed by atoms with E-state index in [1.807, 2.05) is 13.8 Å². The molecular formula is C15H20N2O3. The van der Waals surface area contributed by atoms with E-state index in [9.17, 15) is 9.59 Å². The second kappa shape index (κ2) is 5.63. The SMILES string of the molecule is Cc1ccc(C(=O)O)cc1NC(=O)C1(C)CCCNC1. The van der Waals surface area contributed by atoms with Crippen molar-refractivity contribution in [3.63, 3.8) is 0 Å². The molecule has 1 aromatic rings. The lowest BCUT2D eigenvalue weighted by molar-refractivity contribution is -0.125. The van der Waals surface area contributed by atoms with Gasteiger partial charge in [-0.25, -0.2) is 4.79 Å². The average Bonchev–Trinajstić information content (AvgIpc) is 2.41. The minimum absolute atomic E-state index is 0.0599. The first kappa shape index (κ1) is 14.5. The van der Waals surface area contributed by atoms with Gasteiger partial charge in [0.25, 0.3) is 0 Å². The zero-order chi connectivity index (χ0) is 14.8. The summed E-state index contributed by atoms with van der Waals surface area (Å²) in [6, 6.07) is 4.76. The van der Waals surface area contributed by atoms with Crippen molar-refractivity contribution < 1.29 is 14.7 Å². The average molecular weight is 276 g/mol. The standard InChI is InChI=1S/C15H20N2O3/c1-10-4-5-11(13(18)19)8-12(10)17-14(20)15(2)6-3-7-16-9-15/h4-5,8,16H,3,6-7,9H2,1-2H3,(H,17,20)(H,18,19). The van der Waals surface area contributed by atoms with Gasteiger partial charge in [-0.2, -0.15) is 0 Å². The summed E-state index contributed by atoms with van der Waals surface area (Å²) in [5.74, 6) is -1.05. The van der Waals surface area contributed by atoms with Crippen molar-refractivity contribution >= 4 is 17.6 Å². The van der Waals surface area contributed by atoms with Gasteiger partial charge >= 0.3 is 5.97 Å². The number of carboxylic acids is 1. The van der Waals surface area contributed by atoms with Gasteiger partial charge in [0.05, 0.1) is 11.0 Å². The molecule has 1 aliphatic heterocycles. The summed E-state index contributed by atoms with van der Waals surface area (Å²) in [6.07, 6.45) is 1.81. The van der Waals surface area contributed by atoms with Gasteiger partial charge in [-0.15, -0.1) is 0 Å². The van der Waals surface area contributed by atoms with Crippen molar-refractivity contribution in [2.24, 2.45) is 5.41 Å². The van der Waals surface area contributed by atoms with Crippen LogP contribution in [0.3, 0.4) is 0 Å². The topological polar surface area (TPSA) is 78.4 Å². The number of aromatic carboxylic acids is 1. The van der Waals surface area contributed by atoms with E-state index < -0.39 is 11.4 Å². The quantitative estimate of drug-likeness (QED) is 0.789. The van der Waals surface area contributed by atoms with Crippen molar-refractivity contribution in [2.45, 2.75) is 26.7 Å². The molecule has 108 valence electrons. The zero-order valence-electron chi connectivity index (χ0n) is 11.8. The van der Waals surface area contributed by atoms with E-state index >= 15 is 0 Å². The summed E-state index contributed by atoms with van der Waals surface area (Å²) >= 11 is 0. The maximum absolute atomic E-state index is 12.4. The second-order valence-corrected chi connectivity index (χ2v) is 5.63. The summed E-state index contributed by atoms with van der Waals surface area (Å²) in [7, 11) is 0. The minimum atomic E-state index is -0.994. The van der Waals surface area contributed by atoms with Crippen LogP contribution in [0.2, 0.25) is 0 Å². The Kier molecular flexibility index (Phi) is 4.09. The Morgan fingerprint density at radius 3 is 2.75 bits per heavy atom. The normalized spacial score (nSPS) is 22.3. The second-order valence-electron chi connectivity index (χ2n) is 5.63. The monoisotopic (exact) mass is 276 g/mol. The van der Waals surface area contributed by atoms with E-state index in [4.69, 9.17) is 5.11 Å². The molecule has 5 heteroatoms. The maximum atomic E-state index is 12.4. The van der Waals surface area contributed by atoms with Gasteiger partial charge in [-0.1, -0.05) is 6.07 Å². The molecule has 1 heterocycles. The van der Waals surface area contributed by atoms with Gasteiger partial charge in [0.15, 0.2) is 0 Å². The molecule has 0 aliphatic carbocycles. The van der Waals surface area contributed by atoms with Gasteiger partial charge in [-0.3, -0.25) is 4.79 Å². The van der Waals surface area contributed by atoms with Gasteiger partial charge in [0.1, 0.15) is 0 Å². The maximum Gasteiger partial charge on any atom is 0.335 e. The third-order valence-electron chi connectivity index (χ3n) is 3.88. The molecule has 1 unspecified atom stereocenters. The zero-order valence-corrected chi connectivity index (χ0v) is 11.8. The molecule has 1 saturated heterocycles. The summed E-state index contributed by atoms with van der Waals surface area (Å²) in [6.45, 7) is 5.38. The van der Waals surface area contributed by atoms with Crippen molar-refractivity contribution in [1.82, 2.24) is 5.32 Å². The van der Waals surface area contributed by atoms with Crippen LogP contribution in [0.4, 0.5) is 5.69 Å². The molecule has 0 saturated carbocycles. The Labute approximate surface area is 118 Å². The number of amides is 1. The highest BCUT2D eigenvalue weighted by atomic mass is 16.4. The first-order valence-corrected chi connectivity index (χ1v) is 6.78. The Morgan fingerprint density at radius 2 is 2.15 bits per heavy atom. The number of hydrogen-bond donors (Lipinski definition) is 3. The highest BCUT2D eigenvalue weighted by molar-refractivity contribution is 5.97. The van der Waals surface area contributed by atoms with Crippen LogP contribution in [0, 0.1) is 12.3 Å². The molecule has 3 N–H and O–H groups in total. The number of benzene rings is 1. The number of rotatable bonds is 3. The Hall–Kier alpha value is -1.88. The molecule has 1 aromatic carbocycles. The van der Waals surface area contributed by atoms with Crippen molar-refractivity contribution in [3.8, 4) is 0 Å². The molecule has 2 rings (SSSR count). The lowest BCUT2D eigenvalue weighted by Gasteiger charge is -2.32. The number of carboxylic acid groups (broad SMARTS) is 1. The Morgan fingerprint density at radius 1 is 1.40 bits per heavy atom. The van der Waals surface area contributed by atoms with Gasteiger partial charge in [0.2, 0.25) is 5.91 Å². The van der Waals surface area contributed by atoms with Crippen LogP contribution in [0.1, 0.15) is 35.7 Å². The van der Waals surface area contributed by atoms with Crippen LogP contribution in [-0.2, 0) is 4.79 Å². The fourth-order valence-electron chi connectivity index (χ4n) is 2.41. The molecule has 0 aromatic heterocycles. The Balaban J connectivity index is 2.18. The van der Waals surface area contributed by atoms with Crippen LogP contribution < -0.4 is 10.6 Å². The summed E-state index contributed by atoms with van der Waals surface area (Å²) in [4.78, 5) is 23.4. The third kappa shape index (κ3) is 2.99. The predicted octanol–water partition coefficient (Wildman–Crippen LogP) is 2.02. The Bertz CT molecular complexity index is 534. The molecule has 1 amide bonds. The number of nitrogens with one attached hydrogen (secondary N) is 2. The number of aryl methyl sites for hydroxylation is 1. The number of piperidine rings is 1. The van der Waals surface area contributed by atoms with Crippen molar-refractivity contribution in [1.29, 1.82) is 0 Å². The molecule has 20 heavy (non-hydrogen) atoms. The van der Waals surface area contributed by atoms with Crippen molar-refractivity contribution in [2.75, 3.05) is 18.4 Å². The summed E-state index contributed by atoms with van der Waals surface area (Å²) < 4.78 is 0. The molecule has 1 atom stereocenters. The molecule has 0 bridgehead atoms. The summed E-state index contributed by atoms with van der Waals surface area (Å²) in [5.41, 5.74) is 1.17. The first-order chi connectivity index (χ1) is 9.42. The van der Waals surface area contributed by atoms with Crippen LogP contribution in [0.5, 0.6) is 0 Å².